The second kappa shape index (κ2) is 4.39. The zero-order chi connectivity index (χ0) is 11.4. The first kappa shape index (κ1) is 10.1. The molecule has 2 aromatic rings. The molecule has 2 aromatic carbocycles. The van der Waals surface area contributed by atoms with Crippen molar-refractivity contribution in [3.63, 3.8) is 0 Å². The van der Waals surface area contributed by atoms with Gasteiger partial charge in [0.25, 0.3) is 0 Å². The number of hydrogen-bond acceptors (Lipinski definition) is 0. The van der Waals surface area contributed by atoms with Crippen LogP contribution in [0.2, 0.25) is 0 Å². The van der Waals surface area contributed by atoms with Gasteiger partial charge in [0.1, 0.15) is 0 Å². The minimum Gasteiger partial charge on any atom is -0.115 e. The Kier molecular flexibility index (Phi) is 2.77. The molecule has 0 heterocycles. The lowest BCUT2D eigenvalue weighted by molar-refractivity contribution is 1.68. The summed E-state index contributed by atoms with van der Waals surface area (Å²) in [5, 5.41) is 2.22. The quantitative estimate of drug-likeness (QED) is 0.621. The monoisotopic (exact) mass is 202 g/mol. The summed E-state index contributed by atoms with van der Waals surface area (Å²) in [4.78, 5) is 0. The average molecular weight is 202 g/mol. The maximum absolute atomic E-state index is 5.50. The maximum Gasteiger partial charge on any atom is 0.0327 e. The predicted molar refractivity (Wildman–Crippen MR) is 69.8 cm³/mol. The van der Waals surface area contributed by atoms with Crippen molar-refractivity contribution in [3.8, 4) is 24.7 Å². The fraction of sp³-hybridized carbons (Fsp3) is 0. The zero-order valence-electron chi connectivity index (χ0n) is 8.77. The van der Waals surface area contributed by atoms with E-state index in [-0.39, 0.29) is 0 Å². The third-order valence-electron chi connectivity index (χ3n) is 2.45. The van der Waals surface area contributed by atoms with Crippen LogP contribution in [-0.4, -0.2) is 0 Å². The summed E-state index contributed by atoms with van der Waals surface area (Å²) in [7, 11) is 0. The van der Waals surface area contributed by atoms with E-state index in [1.54, 1.807) is 6.08 Å². The van der Waals surface area contributed by atoms with Gasteiger partial charge in [-0.2, -0.15) is 0 Å². The Hall–Kier alpha value is -2.44. The number of terminal acetylenes is 2. The molecule has 16 heavy (non-hydrogen) atoms. The SMILES string of the molecule is C#C/C=C/c1cccc2cccc(C#C)c12. The van der Waals surface area contributed by atoms with E-state index < -0.39 is 0 Å². The van der Waals surface area contributed by atoms with Gasteiger partial charge in [0.2, 0.25) is 0 Å². The van der Waals surface area contributed by atoms with Crippen LogP contribution in [0.15, 0.2) is 42.5 Å². The van der Waals surface area contributed by atoms with Crippen molar-refractivity contribution in [2.75, 3.05) is 0 Å². The van der Waals surface area contributed by atoms with Gasteiger partial charge in [-0.15, -0.1) is 12.8 Å². The Morgan fingerprint density at radius 2 is 1.75 bits per heavy atom. The van der Waals surface area contributed by atoms with Crippen LogP contribution in [0.1, 0.15) is 11.1 Å². The van der Waals surface area contributed by atoms with E-state index in [2.05, 4.69) is 11.8 Å². The summed E-state index contributed by atoms with van der Waals surface area (Å²) in [6.07, 6.45) is 14.3. The van der Waals surface area contributed by atoms with Crippen LogP contribution in [-0.2, 0) is 0 Å². The molecule has 0 N–H and O–H groups in total. The van der Waals surface area contributed by atoms with Gasteiger partial charge in [-0.05, 0) is 29.2 Å². The molecule has 0 saturated carbocycles. The van der Waals surface area contributed by atoms with Gasteiger partial charge >= 0.3 is 0 Å². The molecule has 0 radical (unpaired) electrons. The Bertz CT molecular complexity index is 626. The van der Waals surface area contributed by atoms with Gasteiger partial charge in [0.05, 0.1) is 0 Å². The second-order valence-corrected chi connectivity index (χ2v) is 3.40. The molecule has 2 rings (SSSR count). The third kappa shape index (κ3) is 1.70. The van der Waals surface area contributed by atoms with Crippen LogP contribution in [0, 0.1) is 24.7 Å². The first-order valence-electron chi connectivity index (χ1n) is 4.98. The van der Waals surface area contributed by atoms with Crippen molar-refractivity contribution in [2.24, 2.45) is 0 Å². The minimum atomic E-state index is 0.898. The van der Waals surface area contributed by atoms with Crippen LogP contribution in [0.25, 0.3) is 16.8 Å². The molecule has 0 nitrogen and oxygen atoms in total. The van der Waals surface area contributed by atoms with E-state index in [1.165, 1.54) is 0 Å². The molecule has 0 saturated heterocycles. The van der Waals surface area contributed by atoms with Gasteiger partial charge in [0.15, 0.2) is 0 Å². The molecule has 0 bridgehead atoms. The molecule has 0 aliphatic heterocycles. The van der Waals surface area contributed by atoms with Crippen LogP contribution in [0.5, 0.6) is 0 Å². The maximum atomic E-state index is 5.50. The van der Waals surface area contributed by atoms with Crippen LogP contribution in [0.3, 0.4) is 0 Å². The fourth-order valence-electron chi connectivity index (χ4n) is 1.77. The predicted octanol–water partition coefficient (Wildman–Crippen LogP) is 3.47. The Labute approximate surface area is 95.6 Å². The molecule has 0 amide bonds. The molecule has 0 fully saturated rings. The number of rotatable bonds is 1. The number of hydrogen-bond donors (Lipinski definition) is 0. The van der Waals surface area contributed by atoms with Crippen molar-refractivity contribution < 1.29 is 0 Å². The molecule has 0 unspecified atom stereocenters. The summed E-state index contributed by atoms with van der Waals surface area (Å²) in [5.41, 5.74) is 1.96. The molecule has 0 spiro atoms. The largest absolute Gasteiger partial charge is 0.115 e. The van der Waals surface area contributed by atoms with Gasteiger partial charge in [-0.3, -0.25) is 0 Å². The standard InChI is InChI=1S/C16H10/c1-3-5-8-14-11-7-12-15-10-6-9-13(4-2)16(14)15/h1-2,5-12H/b8-5+. The summed E-state index contributed by atoms with van der Waals surface area (Å²) in [6.45, 7) is 0. The molecule has 0 atom stereocenters. The average Bonchev–Trinajstić information content (AvgIpc) is 2.35. The van der Waals surface area contributed by atoms with E-state index in [0.717, 1.165) is 21.9 Å². The molecular formula is C16H10. The Morgan fingerprint density at radius 3 is 2.44 bits per heavy atom. The van der Waals surface area contributed by atoms with E-state index in [0.29, 0.717) is 0 Å². The smallest absolute Gasteiger partial charge is 0.0327 e. The van der Waals surface area contributed by atoms with E-state index in [1.807, 2.05) is 42.5 Å². The molecule has 0 heteroatoms. The number of allylic oxidation sites excluding steroid dienone is 1. The van der Waals surface area contributed by atoms with Gasteiger partial charge in [-0.25, -0.2) is 0 Å². The van der Waals surface area contributed by atoms with Gasteiger partial charge < -0.3 is 0 Å². The Balaban J connectivity index is 2.81. The van der Waals surface area contributed by atoms with Crippen molar-refractivity contribution in [2.45, 2.75) is 0 Å². The van der Waals surface area contributed by atoms with E-state index >= 15 is 0 Å². The first-order chi connectivity index (χ1) is 7.86. The highest BCUT2D eigenvalue weighted by Gasteiger charge is 2.01. The van der Waals surface area contributed by atoms with E-state index in [9.17, 15) is 0 Å². The molecule has 0 aliphatic carbocycles. The van der Waals surface area contributed by atoms with Crippen LogP contribution < -0.4 is 0 Å². The Morgan fingerprint density at radius 1 is 1.00 bits per heavy atom. The molecular weight excluding hydrogens is 192 g/mol. The van der Waals surface area contributed by atoms with Gasteiger partial charge in [0, 0.05) is 10.9 Å². The third-order valence-corrected chi connectivity index (χ3v) is 2.45. The van der Waals surface area contributed by atoms with Crippen molar-refractivity contribution in [1.29, 1.82) is 0 Å². The van der Waals surface area contributed by atoms with Crippen LogP contribution >= 0.6 is 0 Å². The normalized spacial score (nSPS) is 10.1. The number of fused-ring (bicyclic) bond motifs is 1. The topological polar surface area (TPSA) is 0 Å². The lowest BCUT2D eigenvalue weighted by atomic mass is 9.99. The summed E-state index contributed by atoms with van der Waals surface area (Å²) in [6, 6.07) is 12.0. The molecule has 0 aliphatic rings. The minimum absolute atomic E-state index is 0.898. The van der Waals surface area contributed by atoms with E-state index in [4.69, 9.17) is 12.8 Å². The van der Waals surface area contributed by atoms with Crippen molar-refractivity contribution in [1.82, 2.24) is 0 Å². The highest BCUT2D eigenvalue weighted by Crippen LogP contribution is 2.23. The summed E-state index contributed by atoms with van der Waals surface area (Å²) < 4.78 is 0. The lowest BCUT2D eigenvalue weighted by Gasteiger charge is -2.04. The highest BCUT2D eigenvalue weighted by atomic mass is 14.0. The highest BCUT2D eigenvalue weighted by molar-refractivity contribution is 5.95. The zero-order valence-corrected chi connectivity index (χ0v) is 8.77. The van der Waals surface area contributed by atoms with Crippen molar-refractivity contribution >= 4 is 16.8 Å². The number of benzene rings is 2. The first-order valence-corrected chi connectivity index (χ1v) is 4.98. The lowest BCUT2D eigenvalue weighted by Crippen LogP contribution is -1.83. The van der Waals surface area contributed by atoms with Crippen molar-refractivity contribution in [3.05, 3.63) is 53.6 Å². The second-order valence-electron chi connectivity index (χ2n) is 3.40. The molecule has 74 valence electrons. The fourth-order valence-corrected chi connectivity index (χ4v) is 1.77. The summed E-state index contributed by atoms with van der Waals surface area (Å²) in [5.74, 6) is 5.19. The van der Waals surface area contributed by atoms with Gasteiger partial charge in [-0.1, -0.05) is 42.2 Å². The summed E-state index contributed by atoms with van der Waals surface area (Å²) >= 11 is 0. The molecule has 0 aromatic heterocycles. The van der Waals surface area contributed by atoms with Crippen LogP contribution in [0.4, 0.5) is 0 Å².